The van der Waals surface area contributed by atoms with Crippen LogP contribution in [-0.2, 0) is 16.3 Å². The van der Waals surface area contributed by atoms with Gasteiger partial charge in [-0.3, -0.25) is 4.79 Å². The predicted octanol–water partition coefficient (Wildman–Crippen LogP) is 6.82. The molecule has 0 unspecified atom stereocenters. The van der Waals surface area contributed by atoms with E-state index in [-0.39, 0.29) is 22.0 Å². The van der Waals surface area contributed by atoms with E-state index in [0.717, 1.165) is 9.13 Å². The van der Waals surface area contributed by atoms with Gasteiger partial charge in [0.2, 0.25) is 9.84 Å². The molecule has 0 aromatic heterocycles. The molecule has 0 aliphatic carbocycles. The Hall–Kier alpha value is -1.12. The van der Waals surface area contributed by atoms with Crippen LogP contribution in [0.25, 0.3) is 0 Å². The smallest absolute Gasteiger partial charge is 0.206 e. The summed E-state index contributed by atoms with van der Waals surface area (Å²) in [5.74, 6) is -0.189. The fourth-order valence-electron chi connectivity index (χ4n) is 2.81. The monoisotopic (exact) mass is 578 g/mol. The summed E-state index contributed by atoms with van der Waals surface area (Å²) in [4.78, 5) is 13.0. The molecule has 0 heterocycles. The first kappa shape index (κ1) is 22.6. The molecule has 3 aromatic carbocycles. The van der Waals surface area contributed by atoms with Crippen molar-refractivity contribution in [3.8, 4) is 0 Å². The quantitative estimate of drug-likeness (QED) is 0.246. The van der Waals surface area contributed by atoms with Crippen molar-refractivity contribution in [1.82, 2.24) is 0 Å². The molecule has 3 aromatic rings. The van der Waals surface area contributed by atoms with Crippen molar-refractivity contribution in [2.75, 3.05) is 0 Å². The molecule has 0 saturated carbocycles. The second-order valence-corrected chi connectivity index (χ2v) is 10.8. The van der Waals surface area contributed by atoms with Crippen LogP contribution in [-0.4, -0.2) is 14.2 Å². The molecule has 3 nitrogen and oxygen atoms in total. The van der Waals surface area contributed by atoms with Crippen LogP contribution in [0.15, 0.2) is 64.4 Å². The van der Waals surface area contributed by atoms with Crippen LogP contribution < -0.4 is 0 Å². The molecule has 150 valence electrons. The molecule has 8 heteroatoms. The molecular formula is C21H14Cl3IO3S. The van der Waals surface area contributed by atoms with Crippen LogP contribution in [0.4, 0.5) is 0 Å². The van der Waals surface area contributed by atoms with Crippen molar-refractivity contribution in [2.24, 2.45) is 0 Å². The Labute approximate surface area is 198 Å². The zero-order chi connectivity index (χ0) is 21.3. The zero-order valence-corrected chi connectivity index (χ0v) is 20.3. The Balaban J connectivity index is 1.98. The summed E-state index contributed by atoms with van der Waals surface area (Å²) in [6.45, 7) is 1.84. The van der Waals surface area contributed by atoms with Gasteiger partial charge in [0.25, 0.3) is 0 Å². The van der Waals surface area contributed by atoms with Gasteiger partial charge in [-0.2, -0.15) is 0 Å². The molecule has 0 aliphatic heterocycles. The van der Waals surface area contributed by atoms with Gasteiger partial charge in [0.05, 0.1) is 9.79 Å². The van der Waals surface area contributed by atoms with Gasteiger partial charge in [-0.1, -0.05) is 34.8 Å². The largest absolute Gasteiger partial charge is 0.294 e. The van der Waals surface area contributed by atoms with Gasteiger partial charge in [0.1, 0.15) is 0 Å². The summed E-state index contributed by atoms with van der Waals surface area (Å²) in [5.41, 5.74) is 1.74. The van der Waals surface area contributed by atoms with Crippen molar-refractivity contribution in [3.05, 3.63) is 89.9 Å². The van der Waals surface area contributed by atoms with E-state index in [1.165, 1.54) is 42.5 Å². The van der Waals surface area contributed by atoms with Gasteiger partial charge in [-0.15, -0.1) is 0 Å². The van der Waals surface area contributed by atoms with Crippen LogP contribution in [0.2, 0.25) is 15.1 Å². The third-order valence-corrected chi connectivity index (χ3v) is 8.14. The standard InChI is InChI=1S/C21H14Cl3IO3S/c1-12-18(10-15(23)11-20(12)25)21(26)9-13-8-17(6-7-19(13)24)29(27,28)16-4-2-14(22)3-5-16/h2-8,10-11H,9H2,1H3. The number of ketones is 1. The molecular weight excluding hydrogens is 566 g/mol. The Kier molecular flexibility index (Phi) is 6.95. The minimum absolute atomic E-state index is 0.0416. The summed E-state index contributed by atoms with van der Waals surface area (Å²) >= 11 is 20.3. The van der Waals surface area contributed by atoms with E-state index in [4.69, 9.17) is 34.8 Å². The number of sulfone groups is 1. The van der Waals surface area contributed by atoms with Crippen molar-refractivity contribution in [3.63, 3.8) is 0 Å². The molecule has 0 bridgehead atoms. The minimum Gasteiger partial charge on any atom is -0.294 e. The van der Waals surface area contributed by atoms with Crippen LogP contribution >= 0.6 is 57.4 Å². The second kappa shape index (κ2) is 8.94. The minimum atomic E-state index is -3.77. The van der Waals surface area contributed by atoms with Crippen LogP contribution in [0.1, 0.15) is 21.5 Å². The van der Waals surface area contributed by atoms with Gasteiger partial charge in [-0.25, -0.2) is 8.42 Å². The number of carbonyl (C=O) groups is 1. The molecule has 0 atom stereocenters. The lowest BCUT2D eigenvalue weighted by molar-refractivity contribution is 0.0992. The third-order valence-electron chi connectivity index (χ3n) is 4.41. The maximum absolute atomic E-state index is 12.9. The average molecular weight is 580 g/mol. The van der Waals surface area contributed by atoms with Gasteiger partial charge >= 0.3 is 0 Å². The van der Waals surface area contributed by atoms with Gasteiger partial charge in [0, 0.05) is 30.6 Å². The molecule has 0 spiro atoms. The molecule has 0 saturated heterocycles. The van der Waals surface area contributed by atoms with E-state index in [0.29, 0.717) is 26.2 Å². The highest BCUT2D eigenvalue weighted by molar-refractivity contribution is 14.1. The summed E-state index contributed by atoms with van der Waals surface area (Å²) in [6, 6.07) is 13.6. The van der Waals surface area contributed by atoms with Gasteiger partial charge in [0.15, 0.2) is 5.78 Å². The van der Waals surface area contributed by atoms with Crippen molar-refractivity contribution >= 4 is 73.0 Å². The van der Waals surface area contributed by atoms with E-state index >= 15 is 0 Å². The Morgan fingerprint density at radius 3 is 2.17 bits per heavy atom. The molecule has 0 amide bonds. The number of Topliss-reactive ketones (excluding diaryl/α,β-unsaturated/α-hetero) is 1. The highest BCUT2D eigenvalue weighted by Crippen LogP contribution is 2.28. The Morgan fingerprint density at radius 1 is 0.897 bits per heavy atom. The maximum Gasteiger partial charge on any atom is 0.206 e. The van der Waals surface area contributed by atoms with E-state index < -0.39 is 9.84 Å². The highest BCUT2D eigenvalue weighted by Gasteiger charge is 2.21. The van der Waals surface area contributed by atoms with Crippen LogP contribution in [0, 0.1) is 10.5 Å². The average Bonchev–Trinajstić information content (AvgIpc) is 2.66. The normalized spacial score (nSPS) is 11.5. The van der Waals surface area contributed by atoms with E-state index in [1.54, 1.807) is 12.1 Å². The van der Waals surface area contributed by atoms with E-state index in [1.807, 2.05) is 6.92 Å². The Bertz CT molecular complexity index is 1210. The lowest BCUT2D eigenvalue weighted by atomic mass is 9.99. The maximum atomic E-state index is 12.9. The summed E-state index contributed by atoms with van der Waals surface area (Å²) in [7, 11) is -3.77. The molecule has 0 N–H and O–H groups in total. The fourth-order valence-corrected chi connectivity index (χ4v) is 5.46. The molecule has 29 heavy (non-hydrogen) atoms. The number of hydrogen-bond donors (Lipinski definition) is 0. The number of rotatable bonds is 5. The van der Waals surface area contributed by atoms with E-state index in [2.05, 4.69) is 22.6 Å². The first-order valence-corrected chi connectivity index (χ1v) is 12.1. The van der Waals surface area contributed by atoms with Gasteiger partial charge in [-0.05, 0) is 95.2 Å². The van der Waals surface area contributed by atoms with Crippen LogP contribution in [0.3, 0.4) is 0 Å². The number of benzene rings is 3. The lowest BCUT2D eigenvalue weighted by Crippen LogP contribution is -2.09. The van der Waals surface area contributed by atoms with Crippen LogP contribution in [0.5, 0.6) is 0 Å². The SMILES string of the molecule is Cc1c(I)cc(Cl)cc1C(=O)Cc1cc(S(=O)(=O)c2ccc(Cl)cc2)ccc1Cl. The van der Waals surface area contributed by atoms with Crippen molar-refractivity contribution in [2.45, 2.75) is 23.1 Å². The van der Waals surface area contributed by atoms with Crippen molar-refractivity contribution in [1.29, 1.82) is 0 Å². The fraction of sp³-hybridized carbons (Fsp3) is 0.0952. The molecule has 0 aliphatic rings. The van der Waals surface area contributed by atoms with Crippen molar-refractivity contribution < 1.29 is 13.2 Å². The highest BCUT2D eigenvalue weighted by atomic mass is 127. The lowest BCUT2D eigenvalue weighted by Gasteiger charge is -2.11. The topological polar surface area (TPSA) is 51.2 Å². The molecule has 0 radical (unpaired) electrons. The second-order valence-electron chi connectivity index (χ2n) is 6.37. The summed E-state index contributed by atoms with van der Waals surface area (Å²) < 4.78 is 26.7. The summed E-state index contributed by atoms with van der Waals surface area (Å²) in [6.07, 6.45) is -0.0416. The molecule has 3 rings (SSSR count). The predicted molar refractivity (Wildman–Crippen MR) is 125 cm³/mol. The van der Waals surface area contributed by atoms with E-state index in [9.17, 15) is 13.2 Å². The third kappa shape index (κ3) is 4.97. The Morgan fingerprint density at radius 2 is 1.52 bits per heavy atom. The number of hydrogen-bond acceptors (Lipinski definition) is 3. The number of halogens is 4. The first-order chi connectivity index (χ1) is 13.6. The van der Waals surface area contributed by atoms with Gasteiger partial charge < -0.3 is 0 Å². The molecule has 0 fully saturated rings. The first-order valence-electron chi connectivity index (χ1n) is 8.37. The zero-order valence-electron chi connectivity index (χ0n) is 15.0. The number of carbonyl (C=O) groups excluding carboxylic acids is 1. The summed E-state index contributed by atoms with van der Waals surface area (Å²) in [5, 5.41) is 1.23.